The van der Waals surface area contributed by atoms with Gasteiger partial charge in [-0.1, -0.05) is 12.1 Å². The molecule has 1 atom stereocenters. The van der Waals surface area contributed by atoms with Gasteiger partial charge in [0.05, 0.1) is 0 Å². The van der Waals surface area contributed by atoms with Gasteiger partial charge >= 0.3 is 11.9 Å². The Balaban J connectivity index is 0.000000380. The summed E-state index contributed by atoms with van der Waals surface area (Å²) in [6.07, 6.45) is 0.959. The van der Waals surface area contributed by atoms with Crippen molar-refractivity contribution in [1.29, 1.82) is 0 Å². The molecule has 0 fully saturated rings. The zero-order chi connectivity index (χ0) is 19.8. The molecule has 1 aromatic carbocycles. The molecule has 1 aliphatic rings. The first-order chi connectivity index (χ1) is 12.9. The summed E-state index contributed by atoms with van der Waals surface area (Å²) in [5.74, 6) is -1.43. The number of nitrogens with zero attached hydrogens (tertiary/aromatic N) is 1. The van der Waals surface area contributed by atoms with Crippen LogP contribution in [0.5, 0.6) is 17.2 Å². The first-order valence-electron chi connectivity index (χ1n) is 8.08. The van der Waals surface area contributed by atoms with E-state index in [9.17, 15) is 0 Å². The number of carboxylic acids is 2. The smallest absolute Gasteiger partial charge is 0.414 e. The van der Waals surface area contributed by atoms with Crippen LogP contribution in [0.15, 0.2) is 35.7 Å². The van der Waals surface area contributed by atoms with Gasteiger partial charge in [0.2, 0.25) is 12.5 Å². The van der Waals surface area contributed by atoms with Crippen molar-refractivity contribution in [1.82, 2.24) is 4.90 Å². The summed E-state index contributed by atoms with van der Waals surface area (Å²) < 4.78 is 17.2. The van der Waals surface area contributed by atoms with E-state index in [4.69, 9.17) is 34.0 Å². The van der Waals surface area contributed by atoms with Crippen molar-refractivity contribution >= 4 is 23.3 Å². The van der Waals surface area contributed by atoms with Crippen LogP contribution < -0.4 is 14.2 Å². The molecule has 0 amide bonds. The number of thiophene rings is 1. The second-order valence-corrected chi connectivity index (χ2v) is 6.79. The van der Waals surface area contributed by atoms with Gasteiger partial charge in [-0.3, -0.25) is 0 Å². The van der Waals surface area contributed by atoms with Crippen LogP contribution in [0.2, 0.25) is 0 Å². The van der Waals surface area contributed by atoms with E-state index in [0.29, 0.717) is 5.75 Å². The van der Waals surface area contributed by atoms with Crippen molar-refractivity contribution in [2.24, 2.45) is 0 Å². The summed E-state index contributed by atoms with van der Waals surface area (Å²) in [7, 11) is 4.14. The monoisotopic (exact) mass is 395 g/mol. The second-order valence-electron chi connectivity index (χ2n) is 5.81. The number of ether oxygens (including phenoxy) is 3. The third-order valence-corrected chi connectivity index (χ3v) is 4.48. The SMILES string of the molecule is CN(C)CCC(Oc1cccc2c1OCO2)c1cccs1.O=C(O)C(=O)O. The minimum atomic E-state index is -1.82. The predicted octanol–water partition coefficient (Wildman–Crippen LogP) is 2.70. The molecule has 146 valence electrons. The molecule has 0 radical (unpaired) electrons. The number of fused-ring (bicyclic) bond motifs is 1. The van der Waals surface area contributed by atoms with Crippen molar-refractivity contribution in [2.75, 3.05) is 27.4 Å². The van der Waals surface area contributed by atoms with Crippen molar-refractivity contribution in [2.45, 2.75) is 12.5 Å². The van der Waals surface area contributed by atoms with Gasteiger partial charge in [0.1, 0.15) is 6.10 Å². The third kappa shape index (κ3) is 6.15. The van der Waals surface area contributed by atoms with E-state index in [1.807, 2.05) is 18.2 Å². The first-order valence-corrected chi connectivity index (χ1v) is 8.96. The lowest BCUT2D eigenvalue weighted by molar-refractivity contribution is -0.159. The summed E-state index contributed by atoms with van der Waals surface area (Å²) in [5.41, 5.74) is 0. The standard InChI is InChI=1S/C16H19NO3S.C2H2O4/c1-17(2)9-8-12(15-7-4-10-21-15)20-14-6-3-5-13-16(14)19-11-18-13;3-1(4)2(5)6/h3-7,10,12H,8-9,11H2,1-2H3;(H,3,4)(H,5,6). The molecule has 0 saturated carbocycles. The van der Waals surface area contributed by atoms with Gasteiger partial charge < -0.3 is 29.3 Å². The van der Waals surface area contributed by atoms with Gasteiger partial charge in [-0.05, 0) is 37.7 Å². The third-order valence-electron chi connectivity index (χ3n) is 3.51. The molecule has 2 N–H and O–H groups in total. The topological polar surface area (TPSA) is 106 Å². The Hall–Kier alpha value is -2.78. The molecule has 1 unspecified atom stereocenters. The molecule has 0 spiro atoms. The number of hydrogen-bond donors (Lipinski definition) is 2. The van der Waals surface area contributed by atoms with Gasteiger partial charge in [-0.15, -0.1) is 11.3 Å². The molecular formula is C18H21NO7S. The van der Waals surface area contributed by atoms with Crippen molar-refractivity contribution in [3.05, 3.63) is 40.6 Å². The number of rotatable bonds is 6. The van der Waals surface area contributed by atoms with Gasteiger partial charge in [0, 0.05) is 17.8 Å². The number of hydrogen-bond acceptors (Lipinski definition) is 7. The summed E-state index contributed by atoms with van der Waals surface area (Å²) in [6.45, 7) is 1.23. The lowest BCUT2D eigenvalue weighted by atomic mass is 10.2. The molecule has 1 aromatic heterocycles. The quantitative estimate of drug-likeness (QED) is 0.719. The normalized spacial score (nSPS) is 12.9. The molecular weight excluding hydrogens is 374 g/mol. The maximum atomic E-state index is 9.10. The van der Waals surface area contributed by atoms with E-state index in [1.165, 1.54) is 4.88 Å². The van der Waals surface area contributed by atoms with E-state index in [-0.39, 0.29) is 12.9 Å². The number of benzene rings is 1. The summed E-state index contributed by atoms with van der Waals surface area (Å²) in [6, 6.07) is 9.94. The number of aliphatic carboxylic acids is 2. The fourth-order valence-electron chi connectivity index (χ4n) is 2.26. The van der Waals surface area contributed by atoms with Crippen molar-refractivity contribution < 1.29 is 34.0 Å². The van der Waals surface area contributed by atoms with Crippen LogP contribution >= 0.6 is 11.3 Å². The van der Waals surface area contributed by atoms with E-state index in [1.54, 1.807) is 11.3 Å². The van der Waals surface area contributed by atoms with Gasteiger partial charge in [-0.2, -0.15) is 0 Å². The summed E-state index contributed by atoms with van der Waals surface area (Å²) in [5, 5.41) is 16.9. The Morgan fingerprint density at radius 2 is 1.93 bits per heavy atom. The average molecular weight is 395 g/mol. The minimum absolute atomic E-state index is 0.0306. The predicted molar refractivity (Wildman–Crippen MR) is 98.7 cm³/mol. The van der Waals surface area contributed by atoms with Crippen LogP contribution in [0.1, 0.15) is 17.4 Å². The van der Waals surface area contributed by atoms with Gasteiger partial charge in [-0.25, -0.2) is 9.59 Å². The molecule has 0 saturated heterocycles. The molecule has 2 heterocycles. The maximum Gasteiger partial charge on any atom is 0.414 e. The van der Waals surface area contributed by atoms with E-state index in [0.717, 1.165) is 24.5 Å². The van der Waals surface area contributed by atoms with E-state index in [2.05, 4.69) is 36.5 Å². The fraction of sp³-hybridized carbons (Fsp3) is 0.333. The van der Waals surface area contributed by atoms with E-state index < -0.39 is 11.9 Å². The highest BCUT2D eigenvalue weighted by Crippen LogP contribution is 2.42. The molecule has 27 heavy (non-hydrogen) atoms. The Morgan fingerprint density at radius 3 is 2.52 bits per heavy atom. The number of carbonyl (C=O) groups is 2. The number of para-hydroxylation sites is 1. The zero-order valence-electron chi connectivity index (χ0n) is 15.0. The Kier molecular flexibility index (Phi) is 7.44. The lowest BCUT2D eigenvalue weighted by Gasteiger charge is -2.20. The molecule has 8 nitrogen and oxygen atoms in total. The molecule has 3 rings (SSSR count). The van der Waals surface area contributed by atoms with Crippen LogP contribution in [-0.4, -0.2) is 54.5 Å². The highest BCUT2D eigenvalue weighted by atomic mass is 32.1. The zero-order valence-corrected chi connectivity index (χ0v) is 15.8. The Morgan fingerprint density at radius 1 is 1.19 bits per heavy atom. The summed E-state index contributed by atoms with van der Waals surface area (Å²) >= 11 is 1.72. The van der Waals surface area contributed by atoms with Gasteiger partial charge in [0.25, 0.3) is 0 Å². The fourth-order valence-corrected chi connectivity index (χ4v) is 3.05. The molecule has 0 aliphatic carbocycles. The van der Waals surface area contributed by atoms with Crippen LogP contribution in [-0.2, 0) is 9.59 Å². The van der Waals surface area contributed by atoms with Crippen LogP contribution in [0.25, 0.3) is 0 Å². The Labute approximate surface area is 160 Å². The van der Waals surface area contributed by atoms with Crippen LogP contribution in [0.4, 0.5) is 0 Å². The highest BCUT2D eigenvalue weighted by Gasteiger charge is 2.22. The Bertz CT molecular complexity index is 749. The molecule has 1 aliphatic heterocycles. The first kappa shape index (κ1) is 20.5. The summed E-state index contributed by atoms with van der Waals surface area (Å²) in [4.78, 5) is 21.6. The molecule has 2 aromatic rings. The van der Waals surface area contributed by atoms with Crippen LogP contribution in [0, 0.1) is 0 Å². The molecule has 0 bridgehead atoms. The van der Waals surface area contributed by atoms with E-state index >= 15 is 0 Å². The van der Waals surface area contributed by atoms with Crippen molar-refractivity contribution in [3.8, 4) is 17.2 Å². The van der Waals surface area contributed by atoms with Crippen molar-refractivity contribution in [3.63, 3.8) is 0 Å². The largest absolute Gasteiger partial charge is 0.481 e. The average Bonchev–Trinajstić information content (AvgIpc) is 3.30. The maximum absolute atomic E-state index is 9.10. The number of carboxylic acid groups (broad SMARTS) is 2. The molecule has 9 heteroatoms. The lowest BCUT2D eigenvalue weighted by Crippen LogP contribution is -2.18. The second kappa shape index (κ2) is 9.79. The highest BCUT2D eigenvalue weighted by molar-refractivity contribution is 7.10. The van der Waals surface area contributed by atoms with Gasteiger partial charge in [0.15, 0.2) is 11.5 Å². The van der Waals surface area contributed by atoms with Crippen LogP contribution in [0.3, 0.4) is 0 Å². The minimum Gasteiger partial charge on any atom is -0.481 e.